The molecule has 2 aromatic heterocycles. The summed E-state index contributed by atoms with van der Waals surface area (Å²) in [6.07, 6.45) is -0.232. The second-order valence-corrected chi connectivity index (χ2v) is 9.76. The molecule has 0 amide bonds. The number of thiazole rings is 1. The highest BCUT2D eigenvalue weighted by atomic mass is 35.5. The van der Waals surface area contributed by atoms with Gasteiger partial charge in [0.25, 0.3) is 0 Å². The van der Waals surface area contributed by atoms with Crippen molar-refractivity contribution in [1.82, 2.24) is 19.7 Å². The Labute approximate surface area is 201 Å². The molecule has 8 heteroatoms. The normalized spacial score (nSPS) is 12.2. The molecule has 0 aliphatic rings. The van der Waals surface area contributed by atoms with Gasteiger partial charge in [0.1, 0.15) is 10.8 Å². The lowest BCUT2D eigenvalue weighted by Crippen LogP contribution is -2.12. The molecule has 0 spiro atoms. The van der Waals surface area contributed by atoms with Crippen LogP contribution in [0.4, 0.5) is 0 Å². The lowest BCUT2D eigenvalue weighted by molar-refractivity contribution is 0.210. The zero-order chi connectivity index (χ0) is 22.7. The molecular weight excluding hydrogens is 460 g/mol. The second-order valence-electron chi connectivity index (χ2n) is 7.55. The van der Waals surface area contributed by atoms with Crippen LogP contribution in [0.25, 0.3) is 10.6 Å². The van der Waals surface area contributed by atoms with Gasteiger partial charge in [0.05, 0.1) is 5.69 Å². The number of rotatable bonds is 8. The summed E-state index contributed by atoms with van der Waals surface area (Å²) in [7, 11) is 0. The van der Waals surface area contributed by atoms with Gasteiger partial charge in [-0.2, -0.15) is 0 Å². The third kappa shape index (κ3) is 5.17. The van der Waals surface area contributed by atoms with E-state index in [1.54, 1.807) is 23.1 Å². The fraction of sp³-hybridized carbons (Fsp3) is 0.292. The van der Waals surface area contributed by atoms with Crippen LogP contribution in [-0.2, 0) is 12.3 Å². The molecule has 1 unspecified atom stereocenters. The Morgan fingerprint density at radius 1 is 1.12 bits per heavy atom. The van der Waals surface area contributed by atoms with Crippen molar-refractivity contribution < 1.29 is 4.74 Å². The third-order valence-electron chi connectivity index (χ3n) is 5.07. The first-order chi connectivity index (χ1) is 15.4. The minimum absolute atomic E-state index is 0.232. The summed E-state index contributed by atoms with van der Waals surface area (Å²) in [6.45, 7) is 8.90. The van der Waals surface area contributed by atoms with Crippen molar-refractivity contribution in [1.29, 1.82) is 0 Å². The third-order valence-corrected chi connectivity index (χ3v) is 7.43. The molecule has 0 radical (unpaired) electrons. The van der Waals surface area contributed by atoms with Crippen LogP contribution < -0.4 is 4.74 Å². The van der Waals surface area contributed by atoms with E-state index in [4.69, 9.17) is 21.3 Å². The molecule has 0 saturated carbocycles. The minimum atomic E-state index is -0.232. The lowest BCUT2D eigenvalue weighted by atomic mass is 10.2. The number of nitrogens with zero attached hydrogens (tertiary/aromatic N) is 4. The van der Waals surface area contributed by atoms with Gasteiger partial charge in [-0.15, -0.1) is 21.5 Å². The number of aromatic nitrogens is 4. The monoisotopic (exact) mass is 484 g/mol. The van der Waals surface area contributed by atoms with Crippen molar-refractivity contribution in [3.8, 4) is 16.3 Å². The van der Waals surface area contributed by atoms with E-state index in [1.165, 1.54) is 5.56 Å². The number of aryl methyl sites for hydroxylation is 2. The molecule has 0 aliphatic carbocycles. The smallest absolute Gasteiger partial charge is 0.191 e. The first-order valence-electron chi connectivity index (χ1n) is 10.4. The fourth-order valence-corrected chi connectivity index (χ4v) is 5.24. The Kier molecular flexibility index (Phi) is 7.18. The van der Waals surface area contributed by atoms with Gasteiger partial charge in [0, 0.05) is 28.3 Å². The number of benzene rings is 2. The lowest BCUT2D eigenvalue weighted by Gasteiger charge is -2.16. The molecule has 166 valence electrons. The standard InChI is InChI=1S/C24H25ClN4OS2/c1-5-29-22(17(4)30-20-10-11-21(25)16(3)12-20)27-28-24(29)32-14-19-13-31-23(26-19)18-8-6-15(2)7-9-18/h6-13,17H,5,14H2,1-4H3. The predicted octanol–water partition coefficient (Wildman–Crippen LogP) is 7.12. The van der Waals surface area contributed by atoms with Crippen molar-refractivity contribution in [3.63, 3.8) is 0 Å². The Balaban J connectivity index is 1.44. The highest BCUT2D eigenvalue weighted by Crippen LogP contribution is 2.30. The summed E-state index contributed by atoms with van der Waals surface area (Å²) in [5.41, 5.74) is 4.43. The van der Waals surface area contributed by atoms with Crippen LogP contribution in [0.3, 0.4) is 0 Å². The van der Waals surface area contributed by atoms with Gasteiger partial charge >= 0.3 is 0 Å². The van der Waals surface area contributed by atoms with Crippen molar-refractivity contribution >= 4 is 34.7 Å². The van der Waals surface area contributed by atoms with Crippen LogP contribution >= 0.6 is 34.7 Å². The van der Waals surface area contributed by atoms with Crippen LogP contribution in [0, 0.1) is 13.8 Å². The molecule has 0 aliphatic heterocycles. The number of thioether (sulfide) groups is 1. The van der Waals surface area contributed by atoms with Gasteiger partial charge in [-0.05, 0) is 51.5 Å². The van der Waals surface area contributed by atoms with Crippen LogP contribution in [0.5, 0.6) is 5.75 Å². The topological polar surface area (TPSA) is 52.8 Å². The number of hydrogen-bond donors (Lipinski definition) is 0. The Bertz CT molecular complexity index is 1200. The van der Waals surface area contributed by atoms with E-state index in [-0.39, 0.29) is 6.10 Å². The summed E-state index contributed by atoms with van der Waals surface area (Å²) in [5.74, 6) is 2.32. The van der Waals surface area contributed by atoms with Crippen LogP contribution in [0.2, 0.25) is 5.02 Å². The van der Waals surface area contributed by atoms with Crippen molar-refractivity contribution in [2.75, 3.05) is 0 Å². The highest BCUT2D eigenvalue weighted by Gasteiger charge is 2.19. The zero-order valence-electron chi connectivity index (χ0n) is 18.5. The molecule has 0 N–H and O–H groups in total. The maximum atomic E-state index is 6.12. The zero-order valence-corrected chi connectivity index (χ0v) is 20.9. The summed E-state index contributed by atoms with van der Waals surface area (Å²) >= 11 is 9.44. The van der Waals surface area contributed by atoms with Crippen LogP contribution in [-0.4, -0.2) is 19.7 Å². The van der Waals surface area contributed by atoms with Gasteiger partial charge in [-0.1, -0.05) is 53.2 Å². The SMILES string of the molecule is CCn1c(SCc2csc(-c3ccc(C)cc3)n2)nnc1C(C)Oc1ccc(Cl)c(C)c1. The average Bonchev–Trinajstić information content (AvgIpc) is 3.42. The second kappa shape index (κ2) is 10.1. The molecule has 4 aromatic rings. The van der Waals surface area contributed by atoms with Crippen molar-refractivity contribution in [2.45, 2.75) is 51.3 Å². The van der Waals surface area contributed by atoms with Crippen LogP contribution in [0.15, 0.2) is 53.0 Å². The van der Waals surface area contributed by atoms with E-state index in [1.807, 2.05) is 32.0 Å². The van der Waals surface area contributed by atoms with E-state index >= 15 is 0 Å². The van der Waals surface area contributed by atoms with Gasteiger partial charge in [0.2, 0.25) is 0 Å². The number of ether oxygens (including phenoxy) is 1. The first-order valence-corrected chi connectivity index (χ1v) is 12.7. The Hall–Kier alpha value is -2.35. The molecule has 2 heterocycles. The van der Waals surface area contributed by atoms with Gasteiger partial charge in [-0.25, -0.2) is 4.98 Å². The number of hydrogen-bond acceptors (Lipinski definition) is 6. The molecule has 2 aromatic carbocycles. The molecule has 0 bridgehead atoms. The molecule has 32 heavy (non-hydrogen) atoms. The Morgan fingerprint density at radius 3 is 2.62 bits per heavy atom. The largest absolute Gasteiger partial charge is 0.483 e. The fourth-order valence-electron chi connectivity index (χ4n) is 3.29. The minimum Gasteiger partial charge on any atom is -0.483 e. The van der Waals surface area contributed by atoms with E-state index in [0.717, 1.165) is 55.9 Å². The van der Waals surface area contributed by atoms with Gasteiger partial charge in [-0.3, -0.25) is 0 Å². The molecule has 0 fully saturated rings. The quantitative estimate of drug-likeness (QED) is 0.249. The van der Waals surface area contributed by atoms with Gasteiger partial charge < -0.3 is 9.30 Å². The van der Waals surface area contributed by atoms with E-state index in [9.17, 15) is 0 Å². The summed E-state index contributed by atoms with van der Waals surface area (Å²) in [5, 5.41) is 13.6. The molecule has 5 nitrogen and oxygen atoms in total. The predicted molar refractivity (Wildman–Crippen MR) is 133 cm³/mol. The van der Waals surface area contributed by atoms with Crippen molar-refractivity contribution in [3.05, 3.63) is 75.5 Å². The maximum absolute atomic E-state index is 6.12. The van der Waals surface area contributed by atoms with Gasteiger partial charge in [0.15, 0.2) is 17.1 Å². The highest BCUT2D eigenvalue weighted by molar-refractivity contribution is 7.98. The van der Waals surface area contributed by atoms with Crippen molar-refractivity contribution in [2.24, 2.45) is 0 Å². The van der Waals surface area contributed by atoms with E-state index < -0.39 is 0 Å². The van der Waals surface area contributed by atoms with Crippen LogP contribution in [0.1, 0.15) is 42.6 Å². The summed E-state index contributed by atoms with van der Waals surface area (Å²) < 4.78 is 8.22. The maximum Gasteiger partial charge on any atom is 0.191 e. The molecule has 4 rings (SSSR count). The average molecular weight is 485 g/mol. The molecule has 1 atom stereocenters. The molecule has 0 saturated heterocycles. The summed E-state index contributed by atoms with van der Waals surface area (Å²) in [6, 6.07) is 14.1. The summed E-state index contributed by atoms with van der Waals surface area (Å²) in [4.78, 5) is 4.80. The number of halogens is 1. The Morgan fingerprint density at radius 2 is 1.91 bits per heavy atom. The first kappa shape index (κ1) is 22.8. The molecular formula is C24H25ClN4OS2. The van der Waals surface area contributed by atoms with E-state index in [2.05, 4.69) is 58.3 Å². The van der Waals surface area contributed by atoms with E-state index in [0.29, 0.717) is 0 Å².